The Hall–Kier alpha value is -2.41. The van der Waals surface area contributed by atoms with Crippen LogP contribution in [0.2, 0.25) is 0 Å². The van der Waals surface area contributed by atoms with Gasteiger partial charge in [-0.25, -0.2) is 0 Å². The zero-order valence-corrected chi connectivity index (χ0v) is 14.8. The van der Waals surface area contributed by atoms with E-state index in [1.165, 1.54) is 4.88 Å². The molecule has 3 aromatic heterocycles. The number of piperidine rings is 1. The topological polar surface area (TPSA) is 62.5 Å². The molecule has 1 unspecified atom stereocenters. The molecular formula is C18H21N5OS. The number of aromatic nitrogens is 3. The lowest BCUT2D eigenvalue weighted by Gasteiger charge is -2.31. The number of fused-ring (bicyclic) bond motifs is 1. The Morgan fingerprint density at radius 1 is 1.28 bits per heavy atom. The Labute approximate surface area is 150 Å². The van der Waals surface area contributed by atoms with Gasteiger partial charge in [-0.05, 0) is 42.8 Å². The SMILES string of the molecule is O=C(NCCc1cccs1)C1CCCN(c2nnc3ccccn23)C1. The van der Waals surface area contributed by atoms with Gasteiger partial charge >= 0.3 is 0 Å². The molecule has 0 aliphatic carbocycles. The highest BCUT2D eigenvalue weighted by atomic mass is 32.1. The number of carbonyl (C=O) groups excluding carboxylic acids is 1. The van der Waals surface area contributed by atoms with Gasteiger partial charge in [0.15, 0.2) is 5.65 Å². The van der Waals surface area contributed by atoms with Crippen LogP contribution >= 0.6 is 11.3 Å². The van der Waals surface area contributed by atoms with Crippen LogP contribution in [-0.4, -0.2) is 40.1 Å². The van der Waals surface area contributed by atoms with E-state index in [1.807, 2.05) is 34.9 Å². The molecule has 1 fully saturated rings. The van der Waals surface area contributed by atoms with Gasteiger partial charge < -0.3 is 10.2 Å². The number of thiophene rings is 1. The van der Waals surface area contributed by atoms with Gasteiger partial charge in [-0.1, -0.05) is 12.1 Å². The maximum atomic E-state index is 12.5. The summed E-state index contributed by atoms with van der Waals surface area (Å²) in [5.41, 5.74) is 0.833. The summed E-state index contributed by atoms with van der Waals surface area (Å²) in [6.45, 7) is 2.30. The predicted octanol–water partition coefficient (Wildman–Crippen LogP) is 2.37. The molecule has 1 amide bonds. The molecule has 0 saturated carbocycles. The normalized spacial score (nSPS) is 17.8. The molecule has 25 heavy (non-hydrogen) atoms. The van der Waals surface area contributed by atoms with Crippen molar-refractivity contribution in [3.8, 4) is 0 Å². The molecule has 7 heteroatoms. The van der Waals surface area contributed by atoms with E-state index in [9.17, 15) is 4.79 Å². The van der Waals surface area contributed by atoms with E-state index < -0.39 is 0 Å². The summed E-state index contributed by atoms with van der Waals surface area (Å²) in [5.74, 6) is 0.981. The third kappa shape index (κ3) is 3.51. The lowest BCUT2D eigenvalue weighted by Crippen LogP contribution is -2.44. The molecule has 1 N–H and O–H groups in total. The molecule has 0 spiro atoms. The second-order valence-corrected chi connectivity index (χ2v) is 7.37. The number of carbonyl (C=O) groups is 1. The third-order valence-electron chi connectivity index (χ3n) is 4.62. The number of anilines is 1. The average Bonchev–Trinajstić information content (AvgIpc) is 3.31. The van der Waals surface area contributed by atoms with Crippen molar-refractivity contribution in [2.75, 3.05) is 24.5 Å². The van der Waals surface area contributed by atoms with E-state index in [2.05, 4.69) is 31.9 Å². The molecule has 4 rings (SSSR count). The van der Waals surface area contributed by atoms with Gasteiger partial charge in [-0.3, -0.25) is 9.20 Å². The van der Waals surface area contributed by atoms with Crippen LogP contribution in [0.1, 0.15) is 17.7 Å². The molecule has 130 valence electrons. The minimum atomic E-state index is 0.00754. The van der Waals surface area contributed by atoms with Crippen molar-refractivity contribution in [1.29, 1.82) is 0 Å². The van der Waals surface area contributed by atoms with Crippen molar-refractivity contribution in [2.45, 2.75) is 19.3 Å². The second kappa shape index (κ2) is 7.23. The molecule has 3 aromatic rings. The lowest BCUT2D eigenvalue weighted by atomic mass is 9.97. The number of rotatable bonds is 5. The minimum Gasteiger partial charge on any atom is -0.355 e. The zero-order valence-electron chi connectivity index (χ0n) is 14.0. The summed E-state index contributed by atoms with van der Waals surface area (Å²) < 4.78 is 1.98. The molecule has 6 nitrogen and oxygen atoms in total. The van der Waals surface area contributed by atoms with Crippen molar-refractivity contribution >= 4 is 28.8 Å². The van der Waals surface area contributed by atoms with Crippen LogP contribution in [0.25, 0.3) is 5.65 Å². The van der Waals surface area contributed by atoms with Gasteiger partial charge in [-0.2, -0.15) is 0 Å². The van der Waals surface area contributed by atoms with E-state index >= 15 is 0 Å². The van der Waals surface area contributed by atoms with Crippen LogP contribution in [0, 0.1) is 5.92 Å². The van der Waals surface area contributed by atoms with Crippen molar-refractivity contribution in [3.05, 3.63) is 46.8 Å². The largest absolute Gasteiger partial charge is 0.355 e. The van der Waals surface area contributed by atoms with Crippen molar-refractivity contribution < 1.29 is 4.79 Å². The first-order valence-corrected chi connectivity index (χ1v) is 9.54. The van der Waals surface area contributed by atoms with E-state index in [4.69, 9.17) is 0 Å². The summed E-state index contributed by atoms with van der Waals surface area (Å²) in [5, 5.41) is 13.7. The highest BCUT2D eigenvalue weighted by Gasteiger charge is 2.27. The van der Waals surface area contributed by atoms with Crippen LogP contribution in [0.5, 0.6) is 0 Å². The summed E-state index contributed by atoms with van der Waals surface area (Å²) in [4.78, 5) is 16.0. The van der Waals surface area contributed by atoms with Gasteiger partial charge in [-0.15, -0.1) is 21.5 Å². The first kappa shape index (κ1) is 16.1. The maximum Gasteiger partial charge on any atom is 0.231 e. The Balaban J connectivity index is 1.38. The molecular weight excluding hydrogens is 334 g/mol. The first-order valence-electron chi connectivity index (χ1n) is 8.66. The molecule has 1 aliphatic rings. The Morgan fingerprint density at radius 2 is 2.24 bits per heavy atom. The lowest BCUT2D eigenvalue weighted by molar-refractivity contribution is -0.125. The van der Waals surface area contributed by atoms with E-state index in [0.29, 0.717) is 13.1 Å². The fraction of sp³-hybridized carbons (Fsp3) is 0.389. The predicted molar refractivity (Wildman–Crippen MR) is 99.0 cm³/mol. The fourth-order valence-electron chi connectivity index (χ4n) is 3.33. The van der Waals surface area contributed by atoms with Crippen molar-refractivity contribution in [1.82, 2.24) is 19.9 Å². The van der Waals surface area contributed by atoms with Crippen molar-refractivity contribution in [3.63, 3.8) is 0 Å². The van der Waals surface area contributed by atoms with Gasteiger partial charge in [0.2, 0.25) is 11.9 Å². The van der Waals surface area contributed by atoms with Crippen LogP contribution in [0.15, 0.2) is 41.9 Å². The summed E-state index contributed by atoms with van der Waals surface area (Å²) in [7, 11) is 0. The van der Waals surface area contributed by atoms with Gasteiger partial charge in [0.05, 0.1) is 5.92 Å². The van der Waals surface area contributed by atoms with E-state index in [-0.39, 0.29) is 11.8 Å². The molecule has 0 aromatic carbocycles. The van der Waals surface area contributed by atoms with Crippen molar-refractivity contribution in [2.24, 2.45) is 5.92 Å². The number of hydrogen-bond acceptors (Lipinski definition) is 5. The molecule has 0 radical (unpaired) electrons. The maximum absolute atomic E-state index is 12.5. The summed E-state index contributed by atoms with van der Waals surface area (Å²) >= 11 is 1.73. The Bertz CT molecular complexity index is 844. The van der Waals surface area contributed by atoms with Crippen LogP contribution in [0.4, 0.5) is 5.95 Å². The first-order chi connectivity index (χ1) is 12.3. The minimum absolute atomic E-state index is 0.00754. The smallest absolute Gasteiger partial charge is 0.231 e. The number of hydrogen-bond donors (Lipinski definition) is 1. The average molecular weight is 355 g/mol. The molecule has 4 heterocycles. The Kier molecular flexibility index (Phi) is 4.65. The van der Waals surface area contributed by atoms with Gasteiger partial charge in [0.1, 0.15) is 0 Å². The number of nitrogens with zero attached hydrogens (tertiary/aromatic N) is 4. The van der Waals surface area contributed by atoms with E-state index in [1.54, 1.807) is 11.3 Å². The number of amides is 1. The summed E-state index contributed by atoms with van der Waals surface area (Å²) in [6.07, 6.45) is 4.78. The molecule has 1 atom stereocenters. The Morgan fingerprint density at radius 3 is 3.12 bits per heavy atom. The van der Waals surface area contributed by atoms with E-state index in [0.717, 1.165) is 37.4 Å². The monoisotopic (exact) mass is 355 g/mol. The fourth-order valence-corrected chi connectivity index (χ4v) is 4.03. The summed E-state index contributed by atoms with van der Waals surface area (Å²) in [6, 6.07) is 10.0. The second-order valence-electron chi connectivity index (χ2n) is 6.33. The highest BCUT2D eigenvalue weighted by molar-refractivity contribution is 7.09. The quantitative estimate of drug-likeness (QED) is 0.763. The van der Waals surface area contributed by atoms with Crippen LogP contribution in [-0.2, 0) is 11.2 Å². The van der Waals surface area contributed by atoms with Gasteiger partial charge in [0.25, 0.3) is 0 Å². The van der Waals surface area contributed by atoms with Crippen LogP contribution < -0.4 is 10.2 Å². The number of nitrogens with one attached hydrogen (secondary N) is 1. The molecule has 1 saturated heterocycles. The molecule has 1 aliphatic heterocycles. The third-order valence-corrected chi connectivity index (χ3v) is 5.56. The number of pyridine rings is 1. The molecule has 0 bridgehead atoms. The standard InChI is InChI=1S/C18H21N5OS/c24-17(19-9-8-15-6-4-12-25-15)14-5-3-10-22(13-14)18-21-20-16-7-1-2-11-23(16)18/h1-2,4,6-7,11-12,14H,3,5,8-10,13H2,(H,19,24). The highest BCUT2D eigenvalue weighted by Crippen LogP contribution is 2.22. The van der Waals surface area contributed by atoms with Gasteiger partial charge in [0, 0.05) is 30.7 Å². The zero-order chi connectivity index (χ0) is 17.1. The van der Waals surface area contributed by atoms with Crippen LogP contribution in [0.3, 0.4) is 0 Å².